The second-order valence-corrected chi connectivity index (χ2v) is 5.30. The second kappa shape index (κ2) is 7.10. The molecule has 22 heavy (non-hydrogen) atoms. The number of amides is 2. The standard InChI is InChI=1S/C14H12F2N2O3S/c15-8-3-4-10(9(16)6-8)18-14(21)13(20)17-7-11(19)12-2-1-5-22-12/h1-6,11,19H,7H2,(H,17,20)(H,18,21)/t11-/m1/s1. The van der Waals surface area contributed by atoms with E-state index in [1.54, 1.807) is 17.5 Å². The number of nitrogens with one attached hydrogen (secondary N) is 2. The summed E-state index contributed by atoms with van der Waals surface area (Å²) in [5.41, 5.74) is -0.305. The SMILES string of the molecule is O=C(NC[C@@H](O)c1cccs1)C(=O)Nc1ccc(F)cc1F. The van der Waals surface area contributed by atoms with Gasteiger partial charge in [0.15, 0.2) is 0 Å². The maximum Gasteiger partial charge on any atom is 0.313 e. The molecule has 1 heterocycles. The van der Waals surface area contributed by atoms with Gasteiger partial charge in [-0.05, 0) is 23.6 Å². The summed E-state index contributed by atoms with van der Waals surface area (Å²) in [7, 11) is 0. The zero-order valence-corrected chi connectivity index (χ0v) is 12.0. The molecule has 1 aromatic carbocycles. The number of hydrogen-bond acceptors (Lipinski definition) is 4. The first kappa shape index (κ1) is 16.1. The first-order valence-corrected chi connectivity index (χ1v) is 7.11. The van der Waals surface area contributed by atoms with Crippen molar-refractivity contribution < 1.29 is 23.5 Å². The Morgan fingerprint density at radius 3 is 2.64 bits per heavy atom. The number of hydrogen-bond donors (Lipinski definition) is 3. The predicted molar refractivity (Wildman–Crippen MR) is 77.3 cm³/mol. The van der Waals surface area contributed by atoms with E-state index in [1.807, 2.05) is 5.32 Å². The molecule has 0 bridgehead atoms. The van der Waals surface area contributed by atoms with Gasteiger partial charge in [0, 0.05) is 17.5 Å². The molecule has 116 valence electrons. The lowest BCUT2D eigenvalue weighted by atomic mass is 10.3. The molecule has 0 radical (unpaired) electrons. The maximum atomic E-state index is 13.3. The summed E-state index contributed by atoms with van der Waals surface area (Å²) in [6.45, 7) is -0.154. The molecular formula is C14H12F2N2O3S. The molecule has 0 aliphatic carbocycles. The summed E-state index contributed by atoms with van der Waals surface area (Å²) in [5.74, 6) is -3.91. The third-order valence-corrected chi connectivity index (χ3v) is 3.69. The largest absolute Gasteiger partial charge is 0.386 e. The average Bonchev–Trinajstić information content (AvgIpc) is 3.01. The fourth-order valence-electron chi connectivity index (χ4n) is 1.62. The molecule has 0 fully saturated rings. The van der Waals surface area contributed by atoms with Crippen molar-refractivity contribution in [3.8, 4) is 0 Å². The molecule has 0 saturated carbocycles. The van der Waals surface area contributed by atoms with Crippen molar-refractivity contribution in [2.24, 2.45) is 0 Å². The molecule has 3 N–H and O–H groups in total. The summed E-state index contributed by atoms with van der Waals surface area (Å²) >= 11 is 1.31. The van der Waals surface area contributed by atoms with Crippen LogP contribution in [0.15, 0.2) is 35.7 Å². The number of halogens is 2. The Kier molecular flexibility index (Phi) is 5.18. The number of anilines is 1. The van der Waals surface area contributed by atoms with Crippen LogP contribution in [0.2, 0.25) is 0 Å². The van der Waals surface area contributed by atoms with E-state index in [4.69, 9.17) is 0 Å². The van der Waals surface area contributed by atoms with Gasteiger partial charge in [-0.2, -0.15) is 0 Å². The summed E-state index contributed by atoms with van der Waals surface area (Å²) in [4.78, 5) is 23.8. The van der Waals surface area contributed by atoms with Crippen LogP contribution in [0.25, 0.3) is 0 Å². The fourth-order valence-corrected chi connectivity index (χ4v) is 2.33. The van der Waals surface area contributed by atoms with Crippen molar-refractivity contribution in [3.05, 3.63) is 52.2 Å². The monoisotopic (exact) mass is 326 g/mol. The van der Waals surface area contributed by atoms with Gasteiger partial charge in [-0.3, -0.25) is 9.59 Å². The van der Waals surface area contributed by atoms with Gasteiger partial charge in [0.1, 0.15) is 17.7 Å². The normalized spacial score (nSPS) is 11.8. The Labute approximate surface area is 128 Å². The van der Waals surface area contributed by atoms with Crippen molar-refractivity contribution in [3.63, 3.8) is 0 Å². The number of aliphatic hydroxyl groups excluding tert-OH is 1. The van der Waals surface area contributed by atoms with E-state index < -0.39 is 29.6 Å². The quantitative estimate of drug-likeness (QED) is 0.750. The Morgan fingerprint density at radius 2 is 2.00 bits per heavy atom. The molecule has 5 nitrogen and oxygen atoms in total. The van der Waals surface area contributed by atoms with Crippen molar-refractivity contribution in [1.29, 1.82) is 0 Å². The first-order valence-electron chi connectivity index (χ1n) is 6.23. The van der Waals surface area contributed by atoms with Crippen LogP contribution < -0.4 is 10.6 Å². The van der Waals surface area contributed by atoms with Gasteiger partial charge in [-0.1, -0.05) is 6.07 Å². The van der Waals surface area contributed by atoms with E-state index in [0.29, 0.717) is 10.9 Å². The minimum absolute atomic E-state index is 0.154. The van der Waals surface area contributed by atoms with Crippen LogP contribution in [-0.2, 0) is 9.59 Å². The van der Waals surface area contributed by atoms with Crippen LogP contribution in [0.4, 0.5) is 14.5 Å². The molecule has 0 unspecified atom stereocenters. The minimum Gasteiger partial charge on any atom is -0.386 e. The van der Waals surface area contributed by atoms with Crippen LogP contribution in [0.1, 0.15) is 11.0 Å². The first-order chi connectivity index (χ1) is 10.5. The van der Waals surface area contributed by atoms with E-state index in [-0.39, 0.29) is 12.2 Å². The number of benzene rings is 1. The van der Waals surface area contributed by atoms with Crippen molar-refractivity contribution in [2.75, 3.05) is 11.9 Å². The third kappa shape index (κ3) is 4.09. The van der Waals surface area contributed by atoms with Gasteiger partial charge >= 0.3 is 11.8 Å². The smallest absolute Gasteiger partial charge is 0.313 e. The number of rotatable bonds is 4. The molecule has 2 amide bonds. The zero-order chi connectivity index (χ0) is 16.1. The van der Waals surface area contributed by atoms with E-state index in [1.165, 1.54) is 11.3 Å². The third-order valence-electron chi connectivity index (χ3n) is 2.71. The molecule has 1 aromatic heterocycles. The van der Waals surface area contributed by atoms with Crippen molar-refractivity contribution >= 4 is 28.8 Å². The average molecular weight is 326 g/mol. The highest BCUT2D eigenvalue weighted by atomic mass is 32.1. The Bertz CT molecular complexity index is 677. The molecule has 1 atom stereocenters. The molecule has 0 aliphatic rings. The van der Waals surface area contributed by atoms with Gasteiger partial charge < -0.3 is 15.7 Å². The highest BCUT2D eigenvalue weighted by Gasteiger charge is 2.17. The molecule has 8 heteroatoms. The van der Waals surface area contributed by atoms with Crippen molar-refractivity contribution in [1.82, 2.24) is 5.32 Å². The predicted octanol–water partition coefficient (Wildman–Crippen LogP) is 1.81. The Morgan fingerprint density at radius 1 is 1.23 bits per heavy atom. The van der Waals surface area contributed by atoms with E-state index in [9.17, 15) is 23.5 Å². The molecule has 0 saturated heterocycles. The van der Waals surface area contributed by atoms with Crippen LogP contribution in [0, 0.1) is 11.6 Å². The molecule has 2 rings (SSSR count). The lowest BCUT2D eigenvalue weighted by Crippen LogP contribution is -2.37. The lowest BCUT2D eigenvalue weighted by molar-refractivity contribution is -0.136. The summed E-state index contributed by atoms with van der Waals surface area (Å²) in [6, 6.07) is 5.99. The number of thiophene rings is 1. The van der Waals surface area contributed by atoms with Crippen LogP contribution >= 0.6 is 11.3 Å². The summed E-state index contributed by atoms with van der Waals surface area (Å²) < 4.78 is 26.1. The summed E-state index contributed by atoms with van der Waals surface area (Å²) in [6.07, 6.45) is -0.931. The highest BCUT2D eigenvalue weighted by molar-refractivity contribution is 7.10. The Hall–Kier alpha value is -2.32. The molecule has 0 spiro atoms. The summed E-state index contributed by atoms with van der Waals surface area (Å²) in [5, 5.41) is 15.8. The van der Waals surface area contributed by atoms with E-state index in [0.717, 1.165) is 12.1 Å². The number of aliphatic hydroxyl groups is 1. The maximum absolute atomic E-state index is 13.3. The minimum atomic E-state index is -1.11. The zero-order valence-electron chi connectivity index (χ0n) is 11.2. The Balaban J connectivity index is 1.88. The lowest BCUT2D eigenvalue weighted by Gasteiger charge is -2.10. The fraction of sp³-hybridized carbons (Fsp3) is 0.143. The number of carbonyl (C=O) groups excluding carboxylic acids is 2. The van der Waals surface area contributed by atoms with Gasteiger partial charge in [-0.25, -0.2) is 8.78 Å². The van der Waals surface area contributed by atoms with Gasteiger partial charge in [0.2, 0.25) is 0 Å². The number of carbonyl (C=O) groups is 2. The van der Waals surface area contributed by atoms with Gasteiger partial charge in [0.05, 0.1) is 5.69 Å². The van der Waals surface area contributed by atoms with Crippen LogP contribution in [-0.4, -0.2) is 23.5 Å². The molecule has 2 aromatic rings. The second-order valence-electron chi connectivity index (χ2n) is 4.32. The van der Waals surface area contributed by atoms with E-state index >= 15 is 0 Å². The topological polar surface area (TPSA) is 78.4 Å². The van der Waals surface area contributed by atoms with Crippen LogP contribution in [0.5, 0.6) is 0 Å². The van der Waals surface area contributed by atoms with Gasteiger partial charge in [-0.15, -0.1) is 11.3 Å². The van der Waals surface area contributed by atoms with Gasteiger partial charge in [0.25, 0.3) is 0 Å². The molecule has 0 aliphatic heterocycles. The van der Waals surface area contributed by atoms with Crippen molar-refractivity contribution in [2.45, 2.75) is 6.10 Å². The van der Waals surface area contributed by atoms with E-state index in [2.05, 4.69) is 5.32 Å². The van der Waals surface area contributed by atoms with Crippen LogP contribution in [0.3, 0.4) is 0 Å². The highest BCUT2D eigenvalue weighted by Crippen LogP contribution is 2.18. The molecular weight excluding hydrogens is 314 g/mol.